The molecule has 0 saturated carbocycles. The standard InChI is InChI=1S/C17H26N2O4/c18-16(21)14-3-5-15(6-4-14)23-12-2-10-19-9-1-7-17(22,13-20)8-11-19/h3-6,20,22H,1-2,7-13H2,(H2,18,21)/t17-/m0/s1. The predicted molar refractivity (Wildman–Crippen MR) is 87.4 cm³/mol. The Hall–Kier alpha value is -1.63. The van der Waals surface area contributed by atoms with E-state index in [1.54, 1.807) is 24.3 Å². The summed E-state index contributed by atoms with van der Waals surface area (Å²) in [7, 11) is 0. The average Bonchev–Trinajstić information content (AvgIpc) is 2.74. The van der Waals surface area contributed by atoms with Gasteiger partial charge in [-0.1, -0.05) is 0 Å². The van der Waals surface area contributed by atoms with Crippen molar-refractivity contribution in [2.75, 3.05) is 32.8 Å². The number of amides is 1. The van der Waals surface area contributed by atoms with Crippen LogP contribution in [-0.2, 0) is 0 Å². The molecule has 1 fully saturated rings. The average molecular weight is 322 g/mol. The van der Waals surface area contributed by atoms with Gasteiger partial charge >= 0.3 is 0 Å². The second-order valence-electron chi connectivity index (χ2n) is 6.17. The summed E-state index contributed by atoms with van der Waals surface area (Å²) in [4.78, 5) is 13.3. The van der Waals surface area contributed by atoms with Gasteiger partial charge in [0, 0.05) is 18.7 Å². The molecule has 1 aromatic rings. The molecule has 1 atom stereocenters. The van der Waals surface area contributed by atoms with Gasteiger partial charge in [-0.05, 0) is 56.5 Å². The van der Waals surface area contributed by atoms with E-state index in [1.165, 1.54) is 0 Å². The number of primary amides is 1. The van der Waals surface area contributed by atoms with E-state index in [0.717, 1.165) is 38.2 Å². The van der Waals surface area contributed by atoms with Gasteiger partial charge in [-0.25, -0.2) is 0 Å². The number of ether oxygens (including phenoxy) is 1. The zero-order valence-corrected chi connectivity index (χ0v) is 13.4. The molecule has 2 rings (SSSR count). The quantitative estimate of drug-likeness (QED) is 0.644. The maximum absolute atomic E-state index is 11.0. The third kappa shape index (κ3) is 5.49. The summed E-state index contributed by atoms with van der Waals surface area (Å²) in [5.41, 5.74) is 4.75. The fourth-order valence-corrected chi connectivity index (χ4v) is 2.81. The lowest BCUT2D eigenvalue weighted by molar-refractivity contribution is -0.0254. The van der Waals surface area contributed by atoms with Gasteiger partial charge in [-0.2, -0.15) is 0 Å². The van der Waals surface area contributed by atoms with E-state index >= 15 is 0 Å². The van der Waals surface area contributed by atoms with Crippen molar-refractivity contribution in [2.24, 2.45) is 5.73 Å². The highest BCUT2D eigenvalue weighted by molar-refractivity contribution is 5.92. The number of carbonyl (C=O) groups is 1. The molecular weight excluding hydrogens is 296 g/mol. The van der Waals surface area contributed by atoms with Crippen molar-refractivity contribution in [2.45, 2.75) is 31.3 Å². The Kier molecular flexibility index (Phi) is 6.38. The van der Waals surface area contributed by atoms with E-state index in [4.69, 9.17) is 10.5 Å². The van der Waals surface area contributed by atoms with Gasteiger partial charge in [-0.15, -0.1) is 0 Å². The van der Waals surface area contributed by atoms with Crippen LogP contribution < -0.4 is 10.5 Å². The van der Waals surface area contributed by atoms with Crippen molar-refractivity contribution in [3.63, 3.8) is 0 Å². The maximum Gasteiger partial charge on any atom is 0.248 e. The van der Waals surface area contributed by atoms with Crippen LogP contribution in [0, 0.1) is 0 Å². The van der Waals surface area contributed by atoms with Gasteiger partial charge in [0.2, 0.25) is 5.91 Å². The number of likely N-dealkylation sites (tertiary alicyclic amines) is 1. The highest BCUT2D eigenvalue weighted by Crippen LogP contribution is 2.21. The lowest BCUT2D eigenvalue weighted by Crippen LogP contribution is -2.35. The largest absolute Gasteiger partial charge is 0.494 e. The molecule has 0 spiro atoms. The molecule has 128 valence electrons. The minimum Gasteiger partial charge on any atom is -0.494 e. The number of benzene rings is 1. The van der Waals surface area contributed by atoms with Crippen molar-refractivity contribution >= 4 is 5.91 Å². The smallest absolute Gasteiger partial charge is 0.248 e. The lowest BCUT2D eigenvalue weighted by atomic mass is 9.96. The zero-order chi connectivity index (χ0) is 16.7. The summed E-state index contributed by atoms with van der Waals surface area (Å²) in [6, 6.07) is 6.80. The molecule has 6 heteroatoms. The van der Waals surface area contributed by atoms with E-state index < -0.39 is 11.5 Å². The number of nitrogens with two attached hydrogens (primary N) is 1. The van der Waals surface area contributed by atoms with Crippen LogP contribution in [-0.4, -0.2) is 59.5 Å². The molecule has 23 heavy (non-hydrogen) atoms. The number of carbonyl (C=O) groups excluding carboxylic acids is 1. The van der Waals surface area contributed by atoms with Crippen LogP contribution in [0.5, 0.6) is 5.75 Å². The molecule has 1 aliphatic heterocycles. The third-order valence-corrected chi connectivity index (χ3v) is 4.33. The molecule has 4 N–H and O–H groups in total. The fraction of sp³-hybridized carbons (Fsp3) is 0.588. The summed E-state index contributed by atoms with van der Waals surface area (Å²) < 4.78 is 5.66. The highest BCUT2D eigenvalue weighted by Gasteiger charge is 2.28. The van der Waals surface area contributed by atoms with Gasteiger partial charge in [0.05, 0.1) is 18.8 Å². The molecule has 1 aromatic carbocycles. The first-order valence-electron chi connectivity index (χ1n) is 8.11. The first-order valence-corrected chi connectivity index (χ1v) is 8.11. The monoisotopic (exact) mass is 322 g/mol. The molecule has 0 radical (unpaired) electrons. The Labute approximate surface area is 136 Å². The van der Waals surface area contributed by atoms with Crippen molar-refractivity contribution in [3.8, 4) is 5.75 Å². The van der Waals surface area contributed by atoms with Crippen molar-refractivity contribution < 1.29 is 19.7 Å². The first kappa shape index (κ1) is 17.7. The Morgan fingerprint density at radius 3 is 2.65 bits per heavy atom. The van der Waals surface area contributed by atoms with E-state index in [9.17, 15) is 15.0 Å². The molecule has 1 aliphatic rings. The Bertz CT molecular complexity index is 506. The van der Waals surface area contributed by atoms with Crippen molar-refractivity contribution in [1.29, 1.82) is 0 Å². The summed E-state index contributed by atoms with van der Waals surface area (Å²) >= 11 is 0. The summed E-state index contributed by atoms with van der Waals surface area (Å²) in [5.74, 6) is 0.279. The summed E-state index contributed by atoms with van der Waals surface area (Å²) in [6.07, 6.45) is 3.04. The van der Waals surface area contributed by atoms with Crippen LogP contribution in [0.1, 0.15) is 36.0 Å². The van der Waals surface area contributed by atoms with Crippen LogP contribution in [0.15, 0.2) is 24.3 Å². The first-order chi connectivity index (χ1) is 11.0. The van der Waals surface area contributed by atoms with E-state index in [-0.39, 0.29) is 6.61 Å². The van der Waals surface area contributed by atoms with E-state index in [0.29, 0.717) is 25.0 Å². The highest BCUT2D eigenvalue weighted by atomic mass is 16.5. The summed E-state index contributed by atoms with van der Waals surface area (Å²) in [6.45, 7) is 3.07. The van der Waals surface area contributed by atoms with Gasteiger partial charge in [-0.3, -0.25) is 4.79 Å². The van der Waals surface area contributed by atoms with E-state index in [2.05, 4.69) is 4.90 Å². The summed E-state index contributed by atoms with van der Waals surface area (Å²) in [5, 5.41) is 19.4. The number of aliphatic hydroxyl groups excluding tert-OH is 1. The van der Waals surface area contributed by atoms with Gasteiger partial charge in [0.15, 0.2) is 0 Å². The SMILES string of the molecule is NC(=O)c1ccc(OCCCN2CCC[C@@](O)(CO)CC2)cc1. The fourth-order valence-electron chi connectivity index (χ4n) is 2.81. The van der Waals surface area contributed by atoms with Crippen molar-refractivity contribution in [1.82, 2.24) is 4.90 Å². The second-order valence-corrected chi connectivity index (χ2v) is 6.17. The maximum atomic E-state index is 11.0. The molecule has 6 nitrogen and oxygen atoms in total. The van der Waals surface area contributed by atoms with Gasteiger partial charge in [0.1, 0.15) is 5.75 Å². The number of rotatable bonds is 7. The van der Waals surface area contributed by atoms with Crippen molar-refractivity contribution in [3.05, 3.63) is 29.8 Å². The Balaban J connectivity index is 1.68. The molecule has 0 bridgehead atoms. The van der Waals surface area contributed by atoms with Gasteiger partial charge in [0.25, 0.3) is 0 Å². The van der Waals surface area contributed by atoms with E-state index in [1.807, 2.05) is 0 Å². The number of aliphatic hydroxyl groups is 2. The van der Waals surface area contributed by atoms with Crippen LogP contribution in [0.25, 0.3) is 0 Å². The molecule has 0 unspecified atom stereocenters. The predicted octanol–water partition coefficient (Wildman–Crippen LogP) is 0.764. The van der Waals surface area contributed by atoms with Crippen LogP contribution in [0.4, 0.5) is 0 Å². The minimum absolute atomic E-state index is 0.161. The Morgan fingerprint density at radius 2 is 2.00 bits per heavy atom. The molecule has 0 aliphatic carbocycles. The van der Waals surface area contributed by atoms with Crippen LogP contribution >= 0.6 is 0 Å². The minimum atomic E-state index is -0.909. The number of hydrogen-bond acceptors (Lipinski definition) is 5. The normalized spacial score (nSPS) is 22.5. The molecule has 1 saturated heterocycles. The van der Waals surface area contributed by atoms with Crippen LogP contribution in [0.2, 0.25) is 0 Å². The molecular formula is C17H26N2O4. The number of hydrogen-bond donors (Lipinski definition) is 3. The second kappa shape index (κ2) is 8.29. The van der Waals surface area contributed by atoms with Crippen LogP contribution in [0.3, 0.4) is 0 Å². The molecule has 1 amide bonds. The molecule has 1 heterocycles. The third-order valence-electron chi connectivity index (χ3n) is 4.33. The number of nitrogens with zero attached hydrogens (tertiary/aromatic N) is 1. The Morgan fingerprint density at radius 1 is 1.26 bits per heavy atom. The lowest BCUT2D eigenvalue weighted by Gasteiger charge is -2.24. The molecule has 0 aromatic heterocycles. The zero-order valence-electron chi connectivity index (χ0n) is 13.4. The topological polar surface area (TPSA) is 96.0 Å². The van der Waals surface area contributed by atoms with Gasteiger partial charge < -0.3 is 25.6 Å².